The van der Waals surface area contributed by atoms with Crippen LogP contribution in [0.15, 0.2) is 78.5 Å². The topological polar surface area (TPSA) is 49.9 Å². The van der Waals surface area contributed by atoms with Gasteiger partial charge in [0.2, 0.25) is 0 Å². The Bertz CT molecular complexity index is 1230. The van der Waals surface area contributed by atoms with Crippen molar-refractivity contribution in [3.63, 3.8) is 0 Å². The summed E-state index contributed by atoms with van der Waals surface area (Å²) in [6.45, 7) is 5.14. The average molecular weight is 425 g/mol. The van der Waals surface area contributed by atoms with E-state index >= 15 is 0 Å². The molecule has 32 heavy (non-hydrogen) atoms. The molecule has 2 aliphatic heterocycles. The third-order valence-corrected chi connectivity index (χ3v) is 5.96. The molecule has 0 saturated carbocycles. The molecule has 2 aliphatic rings. The number of nitrogens with zero attached hydrogens (tertiary/aromatic N) is 2. The first kappa shape index (κ1) is 20.1. The van der Waals surface area contributed by atoms with Gasteiger partial charge in [-0.15, -0.1) is 0 Å². The van der Waals surface area contributed by atoms with Crippen LogP contribution in [-0.4, -0.2) is 25.0 Å². The number of fused-ring (bicyclic) bond motifs is 1. The minimum absolute atomic E-state index is 0.300. The highest BCUT2D eigenvalue weighted by molar-refractivity contribution is 6.46. The number of rotatable bonds is 5. The normalized spacial score (nSPS) is 15.6. The fourth-order valence-corrected chi connectivity index (χ4v) is 4.41. The molecular weight excluding hydrogens is 400 g/mol. The molecule has 0 saturated heterocycles. The Hall–Kier alpha value is -3.86. The summed E-state index contributed by atoms with van der Waals surface area (Å²) in [5, 5.41) is 0. The Morgan fingerprint density at radius 3 is 2.31 bits per heavy atom. The van der Waals surface area contributed by atoms with E-state index in [0.717, 1.165) is 23.2 Å². The van der Waals surface area contributed by atoms with Crippen LogP contribution in [0, 0.1) is 6.92 Å². The molecule has 5 nitrogen and oxygen atoms in total. The van der Waals surface area contributed by atoms with Crippen molar-refractivity contribution in [3.05, 3.63) is 95.2 Å². The molecule has 0 atom stereocenters. The molecule has 5 heteroatoms. The minimum atomic E-state index is -0.303. The second kappa shape index (κ2) is 8.00. The fourth-order valence-electron chi connectivity index (χ4n) is 4.41. The van der Waals surface area contributed by atoms with E-state index in [9.17, 15) is 9.59 Å². The van der Waals surface area contributed by atoms with Gasteiger partial charge in [0.25, 0.3) is 11.8 Å². The zero-order chi connectivity index (χ0) is 22.2. The Kier molecular flexibility index (Phi) is 5.02. The molecule has 5 rings (SSSR count). The first-order valence-electron chi connectivity index (χ1n) is 10.9. The summed E-state index contributed by atoms with van der Waals surface area (Å²) in [6, 6.07) is 22.9. The highest BCUT2D eigenvalue weighted by Gasteiger charge is 2.44. The zero-order valence-corrected chi connectivity index (χ0v) is 18.2. The van der Waals surface area contributed by atoms with E-state index in [1.54, 1.807) is 24.3 Å². The van der Waals surface area contributed by atoms with Crippen molar-refractivity contribution in [1.29, 1.82) is 0 Å². The lowest BCUT2D eigenvalue weighted by molar-refractivity contribution is -0.120. The molecular formula is C27H24N2O3. The number of ether oxygens (including phenoxy) is 1. The maximum Gasteiger partial charge on any atom is 0.282 e. The van der Waals surface area contributed by atoms with Crippen molar-refractivity contribution >= 4 is 28.8 Å². The first-order chi connectivity index (χ1) is 15.6. The van der Waals surface area contributed by atoms with Gasteiger partial charge < -0.3 is 9.64 Å². The van der Waals surface area contributed by atoms with Gasteiger partial charge in [-0.05, 0) is 61.7 Å². The number of benzene rings is 3. The van der Waals surface area contributed by atoms with Crippen molar-refractivity contribution in [2.45, 2.75) is 20.3 Å². The fraction of sp³-hybridized carbons (Fsp3) is 0.185. The number of anilines is 2. The summed E-state index contributed by atoms with van der Waals surface area (Å²) in [5.74, 6) is 0.101. The Morgan fingerprint density at radius 2 is 1.59 bits per heavy atom. The number of aryl methyl sites for hydroxylation is 1. The Labute approximate surface area is 187 Å². The van der Waals surface area contributed by atoms with E-state index in [1.807, 2.05) is 61.2 Å². The second-order valence-electron chi connectivity index (χ2n) is 7.99. The number of amides is 2. The van der Waals surface area contributed by atoms with Crippen LogP contribution in [-0.2, 0) is 16.0 Å². The lowest BCUT2D eigenvalue weighted by Crippen LogP contribution is -2.34. The third kappa shape index (κ3) is 3.26. The van der Waals surface area contributed by atoms with Gasteiger partial charge in [0.05, 0.1) is 17.9 Å². The quantitative estimate of drug-likeness (QED) is 0.555. The van der Waals surface area contributed by atoms with E-state index in [1.165, 1.54) is 10.5 Å². The van der Waals surface area contributed by atoms with Gasteiger partial charge in [-0.2, -0.15) is 0 Å². The molecule has 160 valence electrons. The average Bonchev–Trinajstić information content (AvgIpc) is 3.33. The number of imide groups is 1. The Balaban J connectivity index is 1.62. The number of hydrogen-bond donors (Lipinski definition) is 0. The molecule has 0 bridgehead atoms. The summed E-state index contributed by atoms with van der Waals surface area (Å²) >= 11 is 0. The van der Waals surface area contributed by atoms with Crippen LogP contribution in [0.3, 0.4) is 0 Å². The smallest absolute Gasteiger partial charge is 0.282 e. The van der Waals surface area contributed by atoms with Crippen LogP contribution >= 0.6 is 0 Å². The van der Waals surface area contributed by atoms with Crippen molar-refractivity contribution in [3.8, 4) is 5.75 Å². The molecule has 0 aliphatic carbocycles. The van der Waals surface area contributed by atoms with Crippen LogP contribution in [0.4, 0.5) is 11.4 Å². The molecule has 3 aromatic carbocycles. The summed E-state index contributed by atoms with van der Waals surface area (Å²) in [4.78, 5) is 30.7. The summed E-state index contributed by atoms with van der Waals surface area (Å²) in [5.41, 5.74) is 5.45. The molecule has 0 N–H and O–H groups in total. The van der Waals surface area contributed by atoms with Crippen molar-refractivity contribution < 1.29 is 14.3 Å². The predicted molar refractivity (Wildman–Crippen MR) is 126 cm³/mol. The van der Waals surface area contributed by atoms with E-state index in [0.29, 0.717) is 35.9 Å². The van der Waals surface area contributed by atoms with Crippen LogP contribution < -0.4 is 14.5 Å². The molecule has 3 aromatic rings. The maximum absolute atomic E-state index is 13.7. The van der Waals surface area contributed by atoms with E-state index in [-0.39, 0.29) is 11.8 Å². The van der Waals surface area contributed by atoms with Gasteiger partial charge in [-0.1, -0.05) is 48.0 Å². The summed E-state index contributed by atoms with van der Waals surface area (Å²) in [6.07, 6.45) is 0.839. The van der Waals surface area contributed by atoms with Crippen LogP contribution in [0.1, 0.15) is 23.6 Å². The minimum Gasteiger partial charge on any atom is -0.494 e. The van der Waals surface area contributed by atoms with Crippen molar-refractivity contribution in [2.24, 2.45) is 0 Å². The van der Waals surface area contributed by atoms with Gasteiger partial charge in [0.1, 0.15) is 11.4 Å². The van der Waals surface area contributed by atoms with Crippen LogP contribution in [0.25, 0.3) is 5.57 Å². The molecule has 0 fully saturated rings. The van der Waals surface area contributed by atoms with Gasteiger partial charge in [-0.3, -0.25) is 9.59 Å². The lowest BCUT2D eigenvalue weighted by Gasteiger charge is -2.22. The van der Waals surface area contributed by atoms with Gasteiger partial charge in [0, 0.05) is 12.2 Å². The summed E-state index contributed by atoms with van der Waals surface area (Å²) in [7, 11) is 0. The van der Waals surface area contributed by atoms with Crippen molar-refractivity contribution in [2.75, 3.05) is 23.0 Å². The Morgan fingerprint density at radius 1 is 0.875 bits per heavy atom. The second-order valence-corrected chi connectivity index (χ2v) is 7.99. The molecule has 0 spiro atoms. The highest BCUT2D eigenvalue weighted by Crippen LogP contribution is 2.40. The molecule has 0 radical (unpaired) electrons. The number of carbonyl (C=O) groups excluding carboxylic acids is 2. The molecule has 0 aromatic heterocycles. The number of carbonyl (C=O) groups is 2. The molecule has 0 unspecified atom stereocenters. The van der Waals surface area contributed by atoms with E-state index in [2.05, 4.69) is 6.07 Å². The molecule has 2 amide bonds. The van der Waals surface area contributed by atoms with Gasteiger partial charge in [-0.25, -0.2) is 4.90 Å². The van der Waals surface area contributed by atoms with Crippen LogP contribution in [0.2, 0.25) is 0 Å². The summed E-state index contributed by atoms with van der Waals surface area (Å²) < 4.78 is 5.51. The van der Waals surface area contributed by atoms with Gasteiger partial charge in [0.15, 0.2) is 0 Å². The monoisotopic (exact) mass is 424 g/mol. The van der Waals surface area contributed by atoms with E-state index in [4.69, 9.17) is 4.74 Å². The molecule has 2 heterocycles. The standard InChI is InChI=1S/C27H24N2O3/c1-3-32-22-14-12-21(13-15-22)29-26(30)24(20-10-8-18(2)9-11-20)25(27(29)31)28-17-16-19-6-4-5-7-23(19)28/h4-15H,3,16-17H2,1-2H3. The number of hydrogen-bond acceptors (Lipinski definition) is 4. The third-order valence-electron chi connectivity index (χ3n) is 5.96. The van der Waals surface area contributed by atoms with Gasteiger partial charge >= 0.3 is 0 Å². The highest BCUT2D eigenvalue weighted by atomic mass is 16.5. The predicted octanol–water partition coefficient (Wildman–Crippen LogP) is 4.74. The number of para-hydroxylation sites is 1. The zero-order valence-electron chi connectivity index (χ0n) is 18.2. The van der Waals surface area contributed by atoms with Crippen molar-refractivity contribution in [1.82, 2.24) is 0 Å². The maximum atomic E-state index is 13.7. The van der Waals surface area contributed by atoms with E-state index < -0.39 is 0 Å². The SMILES string of the molecule is CCOc1ccc(N2C(=O)C(c3ccc(C)cc3)=C(N3CCc4ccccc43)C2=O)cc1. The largest absolute Gasteiger partial charge is 0.494 e. The first-order valence-corrected chi connectivity index (χ1v) is 10.9. The lowest BCUT2D eigenvalue weighted by atomic mass is 10.0. The van der Waals surface area contributed by atoms with Crippen LogP contribution in [0.5, 0.6) is 5.75 Å².